The maximum atomic E-state index is 14.4. The van der Waals surface area contributed by atoms with Gasteiger partial charge in [0.1, 0.15) is 0 Å². The first-order valence-electron chi connectivity index (χ1n) is 9.36. The molecule has 0 aromatic rings. The summed E-state index contributed by atoms with van der Waals surface area (Å²) in [5, 5.41) is 0. The van der Waals surface area contributed by atoms with Gasteiger partial charge < -0.3 is 8.85 Å². The van der Waals surface area contributed by atoms with E-state index in [-0.39, 0.29) is 32.1 Å². The molecule has 0 spiro atoms. The van der Waals surface area contributed by atoms with Gasteiger partial charge in [0.15, 0.2) is 5.79 Å². The summed E-state index contributed by atoms with van der Waals surface area (Å²) in [6.45, 7) is 0. The summed E-state index contributed by atoms with van der Waals surface area (Å²) in [7, 11) is -8.42. The molecule has 0 saturated heterocycles. The summed E-state index contributed by atoms with van der Waals surface area (Å²) in [5.41, 5.74) is 0. The first kappa shape index (κ1) is 33.9. The largest absolute Gasteiger partial charge is 0.501 e. The Balaban J connectivity index is 5.67. The minimum atomic E-state index is -8.42. The fraction of sp³-hybridized carbons (Fsp3) is 1.00. The molecule has 0 radical (unpaired) electrons. The molecule has 0 aromatic heterocycles. The van der Waals surface area contributed by atoms with Crippen LogP contribution in [-0.2, 0) is 8.85 Å². The lowest BCUT2D eigenvalue weighted by molar-refractivity contribution is -0.400. The van der Waals surface area contributed by atoms with Crippen LogP contribution < -0.4 is 0 Å². The molecule has 212 valence electrons. The summed E-state index contributed by atoms with van der Waals surface area (Å²) in [6.07, 6.45) is -37.5. The van der Waals surface area contributed by atoms with Gasteiger partial charge in [-0.05, 0) is 12.8 Å². The number of halogens is 17. The highest BCUT2D eigenvalue weighted by molar-refractivity contribution is 6.71. The van der Waals surface area contributed by atoms with E-state index in [1.54, 1.807) is 0 Å². The van der Waals surface area contributed by atoms with Crippen molar-refractivity contribution in [2.75, 3.05) is 0 Å². The normalized spacial score (nSPS) is 16.0. The molecule has 0 aromatic carbocycles. The van der Waals surface area contributed by atoms with E-state index in [1.165, 1.54) is 0 Å². The lowest BCUT2D eigenvalue weighted by atomic mass is 10.1. The van der Waals surface area contributed by atoms with Crippen molar-refractivity contribution in [2.45, 2.75) is 93.7 Å². The van der Waals surface area contributed by atoms with E-state index < -0.39 is 70.2 Å². The van der Waals surface area contributed by atoms with Crippen molar-refractivity contribution in [3.05, 3.63) is 0 Å². The van der Waals surface area contributed by atoms with Gasteiger partial charge in [0.05, 0.1) is 0 Å². The zero-order valence-corrected chi connectivity index (χ0v) is 18.0. The smallest absolute Gasteiger partial charge is 0.320 e. The van der Waals surface area contributed by atoms with Crippen LogP contribution in [0.15, 0.2) is 0 Å². The molecule has 0 fully saturated rings. The number of alkyl halides is 17. The van der Waals surface area contributed by atoms with Gasteiger partial charge >= 0.3 is 45.1 Å². The van der Waals surface area contributed by atoms with E-state index in [0.717, 1.165) is 0 Å². The third-order valence-electron chi connectivity index (χ3n) is 4.19. The maximum Gasteiger partial charge on any atom is 0.501 e. The monoisotopic (exact) mass is 580 g/mol. The summed E-state index contributed by atoms with van der Waals surface area (Å²) >= 11 is 0. The molecule has 0 aliphatic carbocycles. The summed E-state index contributed by atoms with van der Waals surface area (Å²) in [5.74, 6) is -11.3. The highest BCUT2D eigenvalue weighted by Crippen LogP contribution is 2.49. The molecule has 0 aliphatic rings. The lowest BCUT2D eigenvalue weighted by Gasteiger charge is -2.39. The number of hydrogen-bond acceptors (Lipinski definition) is 2. The quantitative estimate of drug-likeness (QED) is 0.124. The second kappa shape index (κ2) is 11.6. The molecule has 0 amide bonds. The van der Waals surface area contributed by atoms with E-state index in [0.29, 0.717) is 0 Å². The van der Waals surface area contributed by atoms with Crippen LogP contribution in [0.25, 0.3) is 0 Å². The Hall–Kier alpha value is -1.05. The van der Waals surface area contributed by atoms with Gasteiger partial charge in [0.2, 0.25) is 0 Å². The number of hydrogen-bond donors (Lipinski definition) is 0. The van der Waals surface area contributed by atoms with E-state index in [2.05, 4.69) is 8.85 Å². The summed E-state index contributed by atoms with van der Waals surface area (Å²) < 4.78 is 222. The Morgan fingerprint density at radius 2 is 0.857 bits per heavy atom. The molecule has 0 bridgehead atoms. The standard InChI is InChI=1S/C15H17F17O2Si/c16-9(7-5-3-1-2-4-6-8-10(17,18)19)35(15(30,31)32,33-13(26,27)11(20,21)22)34-14(28,29)12(23,24)25/h9H,1-8H2. The molecule has 20 heteroatoms. The number of rotatable bonds is 13. The van der Waals surface area contributed by atoms with Gasteiger partial charge in [-0.15, -0.1) is 0 Å². The summed E-state index contributed by atoms with van der Waals surface area (Å²) in [6, 6.07) is 0. The molecule has 0 N–H and O–H groups in total. The van der Waals surface area contributed by atoms with E-state index in [1.807, 2.05) is 0 Å². The Kier molecular flexibility index (Phi) is 11.2. The Labute approximate surface area is 187 Å². The second-order valence-corrected chi connectivity index (χ2v) is 10.1. The van der Waals surface area contributed by atoms with Crippen LogP contribution >= 0.6 is 0 Å². The van der Waals surface area contributed by atoms with Gasteiger partial charge in [-0.3, -0.25) is 0 Å². The highest BCUT2D eigenvalue weighted by Gasteiger charge is 2.80. The Bertz CT molecular complexity index is 609. The van der Waals surface area contributed by atoms with Crippen LogP contribution in [0.4, 0.5) is 74.6 Å². The molecular weight excluding hydrogens is 563 g/mol. The fourth-order valence-electron chi connectivity index (χ4n) is 2.48. The minimum absolute atomic E-state index is 0.0137. The van der Waals surface area contributed by atoms with Gasteiger partial charge in [-0.2, -0.15) is 70.2 Å². The van der Waals surface area contributed by atoms with Gasteiger partial charge in [-0.1, -0.05) is 32.1 Å². The first-order chi connectivity index (χ1) is 15.3. The third-order valence-corrected chi connectivity index (χ3v) is 7.22. The molecule has 0 aliphatic heterocycles. The average molecular weight is 580 g/mol. The van der Waals surface area contributed by atoms with Crippen molar-refractivity contribution in [2.24, 2.45) is 0 Å². The van der Waals surface area contributed by atoms with Crippen molar-refractivity contribution in [1.82, 2.24) is 0 Å². The molecule has 1 unspecified atom stereocenters. The maximum absolute atomic E-state index is 14.4. The lowest BCUT2D eigenvalue weighted by Crippen LogP contribution is -2.70. The molecule has 35 heavy (non-hydrogen) atoms. The fourth-order valence-corrected chi connectivity index (χ4v) is 4.95. The highest BCUT2D eigenvalue weighted by atomic mass is 28.4. The van der Waals surface area contributed by atoms with Crippen molar-refractivity contribution < 1.29 is 83.5 Å². The number of unbranched alkanes of at least 4 members (excludes halogenated alkanes) is 5. The van der Waals surface area contributed by atoms with Gasteiger partial charge in [0.25, 0.3) is 0 Å². The Morgan fingerprint density at radius 1 is 0.514 bits per heavy atom. The summed E-state index contributed by atoms with van der Waals surface area (Å²) in [4.78, 5) is 0. The molecule has 0 heterocycles. The second-order valence-electron chi connectivity index (χ2n) is 7.14. The van der Waals surface area contributed by atoms with E-state index in [9.17, 15) is 74.6 Å². The molecule has 0 rings (SSSR count). The molecular formula is C15H17F17O2Si. The minimum Gasteiger partial charge on any atom is -0.320 e. The molecule has 1 atom stereocenters. The van der Waals surface area contributed by atoms with Crippen LogP contribution in [0.3, 0.4) is 0 Å². The predicted octanol–water partition coefficient (Wildman–Crippen LogP) is 8.43. The van der Waals surface area contributed by atoms with Crippen molar-refractivity contribution >= 4 is 8.56 Å². The molecule has 2 nitrogen and oxygen atoms in total. The zero-order valence-electron chi connectivity index (χ0n) is 17.0. The Morgan fingerprint density at radius 3 is 1.17 bits per heavy atom. The van der Waals surface area contributed by atoms with Crippen molar-refractivity contribution in [3.8, 4) is 0 Å². The van der Waals surface area contributed by atoms with Crippen LogP contribution in [0, 0.1) is 0 Å². The average Bonchev–Trinajstić information content (AvgIpc) is 2.58. The van der Waals surface area contributed by atoms with E-state index in [4.69, 9.17) is 0 Å². The zero-order chi connectivity index (χ0) is 28.1. The van der Waals surface area contributed by atoms with Crippen molar-refractivity contribution in [3.63, 3.8) is 0 Å². The van der Waals surface area contributed by atoms with Gasteiger partial charge in [0, 0.05) is 6.42 Å². The van der Waals surface area contributed by atoms with Crippen LogP contribution in [0.1, 0.15) is 51.4 Å². The van der Waals surface area contributed by atoms with E-state index >= 15 is 0 Å². The van der Waals surface area contributed by atoms with Gasteiger partial charge in [-0.25, -0.2) is 4.39 Å². The van der Waals surface area contributed by atoms with Crippen molar-refractivity contribution in [1.29, 1.82) is 0 Å². The topological polar surface area (TPSA) is 18.5 Å². The van der Waals surface area contributed by atoms with Crippen LogP contribution in [-0.4, -0.2) is 50.9 Å². The molecule has 0 saturated carbocycles. The first-order valence-corrected chi connectivity index (χ1v) is 11.3. The SMILES string of the molecule is FC(CCCCCCCCC(F)(F)F)[Si](OC(F)(F)C(F)(F)F)(OC(F)(F)C(F)(F)F)C(F)(F)F. The third kappa shape index (κ3) is 10.1. The predicted molar refractivity (Wildman–Crippen MR) is 83.9 cm³/mol. The van der Waals surface area contributed by atoms with Crippen LogP contribution in [0.5, 0.6) is 0 Å². The van der Waals surface area contributed by atoms with Crippen LogP contribution in [0.2, 0.25) is 0 Å².